The Morgan fingerprint density at radius 2 is 1.32 bits per heavy atom. The van der Waals surface area contributed by atoms with Gasteiger partial charge in [0.05, 0.1) is 69.6 Å². The zero-order valence-corrected chi connectivity index (χ0v) is 34.4. The molecule has 0 aromatic carbocycles. The lowest BCUT2D eigenvalue weighted by molar-refractivity contribution is -0.136. The van der Waals surface area contributed by atoms with Crippen LogP contribution in [-0.4, -0.2) is 92.9 Å². The third-order valence-electron chi connectivity index (χ3n) is 9.96. The summed E-state index contributed by atoms with van der Waals surface area (Å²) in [5.74, 6) is 14.0. The summed E-state index contributed by atoms with van der Waals surface area (Å²) in [6, 6.07) is 6.41. The molecule has 2 aliphatic rings. The molecule has 2 fully saturated rings. The summed E-state index contributed by atoms with van der Waals surface area (Å²) >= 11 is 3.09. The van der Waals surface area contributed by atoms with Crippen molar-refractivity contribution in [2.75, 3.05) is 27.3 Å². The monoisotopic (exact) mass is 796 g/mol. The number of hydrogen-bond acceptors (Lipinski definition) is 10. The van der Waals surface area contributed by atoms with E-state index in [4.69, 9.17) is 9.47 Å². The highest BCUT2D eigenvalue weighted by Gasteiger charge is 2.38. The van der Waals surface area contributed by atoms with Gasteiger partial charge in [-0.15, -0.1) is 22.7 Å². The molecule has 2 aliphatic heterocycles. The van der Waals surface area contributed by atoms with Crippen LogP contribution in [0.5, 0.6) is 0 Å². The number of imidazole rings is 2. The Labute approximate surface area is 335 Å². The fourth-order valence-corrected chi connectivity index (χ4v) is 8.61. The average Bonchev–Trinajstić information content (AvgIpc) is 4.02. The van der Waals surface area contributed by atoms with Crippen LogP contribution in [-0.2, 0) is 19.1 Å². The van der Waals surface area contributed by atoms with Crippen molar-refractivity contribution in [1.29, 1.82) is 0 Å². The summed E-state index contributed by atoms with van der Waals surface area (Å²) in [6.07, 6.45) is 6.35. The number of methoxy groups -OCH3 is 2. The smallest absolute Gasteiger partial charge is 0.407 e. The van der Waals surface area contributed by atoms with Crippen molar-refractivity contribution in [2.24, 2.45) is 16.8 Å². The number of H-pyrrole nitrogens is 2. The molecule has 2 saturated heterocycles. The molecule has 0 bridgehead atoms. The Morgan fingerprint density at radius 3 is 1.79 bits per heavy atom. The molecule has 6 heterocycles. The van der Waals surface area contributed by atoms with Crippen molar-refractivity contribution < 1.29 is 23.9 Å². The maximum absolute atomic E-state index is 13.6. The van der Waals surface area contributed by atoms with E-state index in [2.05, 4.69) is 53.9 Å². The fraction of sp³-hybridized carbons (Fsp3) is 0.463. The number of likely N-dealkylation sites (tertiary alicyclic amines) is 2. The predicted octanol–water partition coefficient (Wildman–Crippen LogP) is 6.79. The van der Waals surface area contributed by atoms with Crippen molar-refractivity contribution in [3.05, 3.63) is 58.1 Å². The first-order valence-electron chi connectivity index (χ1n) is 18.8. The summed E-state index contributed by atoms with van der Waals surface area (Å²) in [7, 11) is 2.85. The van der Waals surface area contributed by atoms with Crippen LogP contribution in [0.3, 0.4) is 0 Å². The first-order valence-corrected chi connectivity index (χ1v) is 20.5. The SMILES string of the molecule is COC(=O)NC(C(=O)N1CCCC1c1ncc(-c2ccc(C#CC#Cc3ccc(-c4cnc(C5CCCN5C(=O)C(N=C(C)OC)C(C)C)[nH]4)s3)s2)[nH]1)C(C)C. The number of thiophene rings is 2. The number of aromatic nitrogens is 4. The number of amides is 3. The Bertz CT molecular complexity index is 2190. The molecular formula is C41H48N8O5S2. The van der Waals surface area contributed by atoms with Gasteiger partial charge in [-0.05, 0) is 85.5 Å². The molecule has 4 aromatic rings. The molecule has 294 valence electrons. The summed E-state index contributed by atoms with van der Waals surface area (Å²) in [5, 5.41) is 2.69. The highest BCUT2D eigenvalue weighted by atomic mass is 32.1. The number of alkyl carbamates (subject to hydrolysis) is 1. The van der Waals surface area contributed by atoms with Crippen molar-refractivity contribution in [3.8, 4) is 44.8 Å². The van der Waals surface area contributed by atoms with E-state index in [9.17, 15) is 14.4 Å². The quantitative estimate of drug-likeness (QED) is 0.0906. The molecule has 4 unspecified atom stereocenters. The van der Waals surface area contributed by atoms with Gasteiger partial charge in [0.2, 0.25) is 11.8 Å². The number of nitrogens with one attached hydrogen (secondary N) is 3. The first-order chi connectivity index (χ1) is 27.0. The molecular weight excluding hydrogens is 749 g/mol. The number of nitrogens with zero attached hydrogens (tertiary/aromatic N) is 5. The van der Waals surface area contributed by atoms with Crippen molar-refractivity contribution >= 4 is 46.5 Å². The number of rotatable bonds is 10. The minimum Gasteiger partial charge on any atom is -0.484 e. The Kier molecular flexibility index (Phi) is 13.0. The van der Waals surface area contributed by atoms with Crippen LogP contribution in [0, 0.1) is 35.5 Å². The van der Waals surface area contributed by atoms with Gasteiger partial charge in [0.25, 0.3) is 0 Å². The lowest BCUT2D eigenvalue weighted by atomic mass is 10.0. The third-order valence-corrected chi connectivity index (χ3v) is 12.0. The molecule has 4 atom stereocenters. The van der Waals surface area contributed by atoms with Gasteiger partial charge in [-0.25, -0.2) is 19.8 Å². The summed E-state index contributed by atoms with van der Waals surface area (Å²) < 4.78 is 9.99. The number of ether oxygens (including phenoxy) is 2. The summed E-state index contributed by atoms with van der Waals surface area (Å²) in [4.78, 5) is 67.2. The van der Waals surface area contributed by atoms with E-state index in [1.165, 1.54) is 18.4 Å². The Morgan fingerprint density at radius 1 is 0.804 bits per heavy atom. The second-order valence-corrected chi connectivity index (χ2v) is 16.6. The van der Waals surface area contributed by atoms with E-state index < -0.39 is 18.2 Å². The number of carbonyl (C=O) groups excluding carboxylic acids is 3. The molecule has 0 spiro atoms. The van der Waals surface area contributed by atoms with Crippen LogP contribution in [0.1, 0.15) is 93.8 Å². The highest BCUT2D eigenvalue weighted by Crippen LogP contribution is 2.36. The lowest BCUT2D eigenvalue weighted by Crippen LogP contribution is -2.51. The molecule has 4 aromatic heterocycles. The van der Waals surface area contributed by atoms with Gasteiger partial charge in [0.1, 0.15) is 23.7 Å². The molecule has 13 nitrogen and oxygen atoms in total. The first kappa shape index (κ1) is 40.3. The maximum Gasteiger partial charge on any atom is 0.407 e. The second-order valence-electron chi connectivity index (χ2n) is 14.5. The van der Waals surface area contributed by atoms with E-state index >= 15 is 0 Å². The highest BCUT2D eigenvalue weighted by molar-refractivity contribution is 7.16. The average molecular weight is 797 g/mol. The standard InChI is InChI=1S/C41H48N8O5S2/c1-24(2)35(44-26(5)53-6)39(50)48-20-10-14-31(48)37-42-22-29(45-37)33-18-16-27(55-33)12-8-9-13-28-17-19-34(56-28)30-23-43-38(46-30)32-15-11-21-49(32)40(51)36(25(3)4)47-41(52)54-7/h16-19,22-25,31-32,35-36H,10-11,14-15,20-21H2,1-7H3,(H,42,45)(H,43,46)(H,47,52). The number of aliphatic imine (C=N–C) groups is 1. The van der Waals surface area contributed by atoms with E-state index in [0.29, 0.717) is 19.0 Å². The van der Waals surface area contributed by atoms with Crippen LogP contribution in [0.4, 0.5) is 4.79 Å². The van der Waals surface area contributed by atoms with Gasteiger partial charge < -0.3 is 34.6 Å². The van der Waals surface area contributed by atoms with E-state index in [1.54, 1.807) is 36.5 Å². The Balaban J connectivity index is 1.07. The van der Waals surface area contributed by atoms with E-state index in [-0.39, 0.29) is 35.7 Å². The van der Waals surface area contributed by atoms with Gasteiger partial charge in [-0.2, -0.15) is 0 Å². The van der Waals surface area contributed by atoms with Crippen LogP contribution >= 0.6 is 22.7 Å². The van der Waals surface area contributed by atoms with Gasteiger partial charge >= 0.3 is 6.09 Å². The van der Waals surface area contributed by atoms with Crippen LogP contribution in [0.25, 0.3) is 21.1 Å². The number of carbonyl (C=O) groups is 3. The predicted molar refractivity (Wildman–Crippen MR) is 218 cm³/mol. The molecule has 56 heavy (non-hydrogen) atoms. The normalized spacial score (nSPS) is 18.0. The second kappa shape index (κ2) is 18.0. The molecule has 6 rings (SSSR count). The van der Waals surface area contributed by atoms with Crippen molar-refractivity contribution in [3.63, 3.8) is 0 Å². The number of aromatic amines is 2. The summed E-state index contributed by atoms with van der Waals surface area (Å²) in [5.41, 5.74) is 1.73. The molecule has 3 amide bonds. The molecule has 3 N–H and O–H groups in total. The van der Waals surface area contributed by atoms with Gasteiger partial charge in [0.15, 0.2) is 5.90 Å². The van der Waals surface area contributed by atoms with E-state index in [0.717, 1.165) is 68.2 Å². The molecule has 15 heteroatoms. The van der Waals surface area contributed by atoms with Crippen molar-refractivity contribution in [2.45, 2.75) is 84.5 Å². The van der Waals surface area contributed by atoms with Crippen LogP contribution in [0.2, 0.25) is 0 Å². The van der Waals surface area contributed by atoms with Gasteiger partial charge in [-0.3, -0.25) is 9.59 Å². The number of hydrogen-bond donors (Lipinski definition) is 3. The van der Waals surface area contributed by atoms with Crippen LogP contribution in [0.15, 0.2) is 41.7 Å². The maximum atomic E-state index is 13.6. The molecule has 0 aliphatic carbocycles. The minimum atomic E-state index is -0.687. The topological polar surface area (TPSA) is 158 Å². The van der Waals surface area contributed by atoms with Crippen LogP contribution < -0.4 is 5.32 Å². The summed E-state index contributed by atoms with van der Waals surface area (Å²) in [6.45, 7) is 10.8. The zero-order chi connectivity index (χ0) is 39.9. The zero-order valence-electron chi connectivity index (χ0n) is 32.8. The lowest BCUT2D eigenvalue weighted by Gasteiger charge is -2.30. The fourth-order valence-electron chi connectivity index (χ4n) is 6.96. The molecule has 0 saturated carbocycles. The van der Waals surface area contributed by atoms with E-state index in [1.807, 2.05) is 63.1 Å². The van der Waals surface area contributed by atoms with Crippen molar-refractivity contribution in [1.82, 2.24) is 35.1 Å². The minimum absolute atomic E-state index is 0.00489. The largest absolute Gasteiger partial charge is 0.484 e. The molecule has 0 radical (unpaired) electrons. The van der Waals surface area contributed by atoms with Gasteiger partial charge in [-0.1, -0.05) is 27.7 Å². The van der Waals surface area contributed by atoms with Gasteiger partial charge in [0, 0.05) is 20.0 Å². The third kappa shape index (κ3) is 9.18. The Hall–Kier alpha value is -5.38.